The van der Waals surface area contributed by atoms with Crippen LogP contribution in [-0.4, -0.2) is 32.3 Å². The molecule has 0 saturated carbocycles. The third-order valence-corrected chi connectivity index (χ3v) is 3.20. The van der Waals surface area contributed by atoms with E-state index in [4.69, 9.17) is 0 Å². The number of carboxylic acids is 1. The van der Waals surface area contributed by atoms with Crippen molar-refractivity contribution in [3.05, 3.63) is 29.6 Å². The Hall–Kier alpha value is -1.88. The number of carboxylic acid groups (broad SMARTS) is 1. The highest BCUT2D eigenvalue weighted by molar-refractivity contribution is 6.01. The zero-order valence-electron chi connectivity index (χ0n) is 11.3. The van der Waals surface area contributed by atoms with Crippen LogP contribution in [0.15, 0.2) is 18.2 Å². The first kappa shape index (κ1) is 13.5. The third kappa shape index (κ3) is 2.21. The molecule has 102 valence electrons. The number of aliphatic hydroxyl groups excluding tert-OH is 1. The summed E-state index contributed by atoms with van der Waals surface area (Å²) in [4.78, 5) is 15.7. The second kappa shape index (κ2) is 5.01. The predicted molar refractivity (Wildman–Crippen MR) is 72.6 cm³/mol. The van der Waals surface area contributed by atoms with E-state index in [0.29, 0.717) is 5.52 Å². The number of aromatic carboxylic acids is 1. The first-order valence-corrected chi connectivity index (χ1v) is 6.32. The number of nitrogens with zero attached hydrogens (tertiary/aromatic N) is 2. The van der Waals surface area contributed by atoms with Gasteiger partial charge in [-0.1, -0.05) is 19.9 Å². The molecule has 1 atom stereocenters. The van der Waals surface area contributed by atoms with E-state index in [1.165, 1.54) is 0 Å². The first-order chi connectivity index (χ1) is 8.97. The molecule has 2 rings (SSSR count). The summed E-state index contributed by atoms with van der Waals surface area (Å²) in [6, 6.07) is 4.97. The molecule has 0 amide bonds. The Balaban J connectivity index is 2.80. The Morgan fingerprint density at radius 3 is 2.58 bits per heavy atom. The van der Waals surface area contributed by atoms with Gasteiger partial charge in [-0.05, 0) is 19.1 Å². The molecule has 2 aromatic rings. The Kier molecular flexibility index (Phi) is 3.57. The number of imidazole rings is 1. The number of fused-ring (bicyclic) bond motifs is 1. The van der Waals surface area contributed by atoms with E-state index in [1.807, 2.05) is 31.4 Å². The van der Waals surface area contributed by atoms with E-state index in [2.05, 4.69) is 4.98 Å². The molecule has 0 fully saturated rings. The SMILES string of the molecule is CC(C)c1nc2c(C(=O)O)cccc2n1C(C)CO. The van der Waals surface area contributed by atoms with Crippen molar-refractivity contribution in [1.29, 1.82) is 0 Å². The monoisotopic (exact) mass is 262 g/mol. The molecule has 19 heavy (non-hydrogen) atoms. The summed E-state index contributed by atoms with van der Waals surface area (Å²) < 4.78 is 1.92. The number of carbonyl (C=O) groups is 1. The Morgan fingerprint density at radius 2 is 2.05 bits per heavy atom. The highest BCUT2D eigenvalue weighted by Crippen LogP contribution is 2.27. The standard InChI is InChI=1S/C14H18N2O3/c1-8(2)13-15-12-10(14(18)19)5-4-6-11(12)16(13)9(3)7-17/h4-6,8-9,17H,7H2,1-3H3,(H,18,19). The zero-order chi connectivity index (χ0) is 14.2. The van der Waals surface area contributed by atoms with Crippen LogP contribution < -0.4 is 0 Å². The van der Waals surface area contributed by atoms with Crippen LogP contribution in [0, 0.1) is 0 Å². The van der Waals surface area contributed by atoms with Crippen molar-refractivity contribution >= 4 is 17.0 Å². The Labute approximate surface area is 111 Å². The lowest BCUT2D eigenvalue weighted by Gasteiger charge is -2.16. The van der Waals surface area contributed by atoms with Gasteiger partial charge in [0.05, 0.1) is 23.7 Å². The summed E-state index contributed by atoms with van der Waals surface area (Å²) in [5.74, 6) is -0.0319. The van der Waals surface area contributed by atoms with Gasteiger partial charge in [0.25, 0.3) is 0 Å². The van der Waals surface area contributed by atoms with Crippen molar-refractivity contribution in [3.8, 4) is 0 Å². The van der Waals surface area contributed by atoms with Crippen LogP contribution in [0.25, 0.3) is 11.0 Å². The quantitative estimate of drug-likeness (QED) is 0.887. The number of benzene rings is 1. The molecule has 2 N–H and O–H groups in total. The summed E-state index contributed by atoms with van der Waals surface area (Å²) in [5.41, 5.74) is 1.44. The zero-order valence-corrected chi connectivity index (χ0v) is 11.3. The van der Waals surface area contributed by atoms with Crippen molar-refractivity contribution in [2.24, 2.45) is 0 Å². The molecule has 1 aromatic heterocycles. The minimum atomic E-state index is -0.984. The Morgan fingerprint density at radius 1 is 1.37 bits per heavy atom. The third-order valence-electron chi connectivity index (χ3n) is 3.20. The summed E-state index contributed by atoms with van der Waals surface area (Å²) in [7, 11) is 0. The van der Waals surface area contributed by atoms with Crippen LogP contribution in [0.3, 0.4) is 0 Å². The molecule has 1 heterocycles. The molecule has 5 heteroatoms. The molecule has 0 radical (unpaired) electrons. The first-order valence-electron chi connectivity index (χ1n) is 6.32. The fourth-order valence-electron chi connectivity index (χ4n) is 2.26. The maximum Gasteiger partial charge on any atom is 0.337 e. The van der Waals surface area contributed by atoms with Gasteiger partial charge in [0, 0.05) is 5.92 Å². The molecule has 1 aromatic carbocycles. The molecule has 0 aliphatic heterocycles. The number of aromatic nitrogens is 2. The molecule has 0 aliphatic carbocycles. The van der Waals surface area contributed by atoms with Crippen molar-refractivity contribution in [3.63, 3.8) is 0 Å². The normalized spacial score (nSPS) is 13.1. The van der Waals surface area contributed by atoms with Gasteiger partial charge in [-0.15, -0.1) is 0 Å². The van der Waals surface area contributed by atoms with Crippen LogP contribution in [0.2, 0.25) is 0 Å². The fourth-order valence-corrected chi connectivity index (χ4v) is 2.26. The summed E-state index contributed by atoms with van der Waals surface area (Å²) in [5, 5.41) is 18.6. The topological polar surface area (TPSA) is 75.3 Å². The van der Waals surface area contributed by atoms with Crippen LogP contribution in [-0.2, 0) is 0 Å². The summed E-state index contributed by atoms with van der Waals surface area (Å²) in [6.45, 7) is 5.88. The number of hydrogen-bond acceptors (Lipinski definition) is 3. The highest BCUT2D eigenvalue weighted by Gasteiger charge is 2.21. The van der Waals surface area contributed by atoms with Crippen LogP contribution in [0.4, 0.5) is 0 Å². The molecular weight excluding hydrogens is 244 g/mol. The molecule has 0 spiro atoms. The van der Waals surface area contributed by atoms with Crippen molar-refractivity contribution in [2.45, 2.75) is 32.7 Å². The lowest BCUT2D eigenvalue weighted by atomic mass is 10.2. The molecule has 5 nitrogen and oxygen atoms in total. The molecule has 0 saturated heterocycles. The second-order valence-corrected chi connectivity index (χ2v) is 5.00. The van der Waals surface area contributed by atoms with Crippen molar-refractivity contribution in [2.75, 3.05) is 6.61 Å². The smallest absolute Gasteiger partial charge is 0.337 e. The highest BCUT2D eigenvalue weighted by atomic mass is 16.4. The van der Waals surface area contributed by atoms with Crippen molar-refractivity contribution < 1.29 is 15.0 Å². The maximum absolute atomic E-state index is 11.2. The number of rotatable bonds is 4. The van der Waals surface area contributed by atoms with Crippen LogP contribution >= 0.6 is 0 Å². The van der Waals surface area contributed by atoms with E-state index in [0.717, 1.165) is 11.3 Å². The fraction of sp³-hybridized carbons (Fsp3) is 0.429. The molecule has 0 bridgehead atoms. The Bertz CT molecular complexity index is 616. The lowest BCUT2D eigenvalue weighted by molar-refractivity contribution is 0.0699. The van der Waals surface area contributed by atoms with Crippen LogP contribution in [0.5, 0.6) is 0 Å². The van der Waals surface area contributed by atoms with Gasteiger partial charge in [-0.2, -0.15) is 0 Å². The van der Waals surface area contributed by atoms with E-state index in [-0.39, 0.29) is 24.1 Å². The average molecular weight is 262 g/mol. The van der Waals surface area contributed by atoms with Gasteiger partial charge in [0.15, 0.2) is 0 Å². The molecular formula is C14H18N2O3. The van der Waals surface area contributed by atoms with Gasteiger partial charge >= 0.3 is 5.97 Å². The lowest BCUT2D eigenvalue weighted by Crippen LogP contribution is -2.13. The van der Waals surface area contributed by atoms with E-state index >= 15 is 0 Å². The minimum Gasteiger partial charge on any atom is -0.478 e. The molecule has 0 aliphatic rings. The van der Waals surface area contributed by atoms with Crippen molar-refractivity contribution in [1.82, 2.24) is 9.55 Å². The summed E-state index contributed by atoms with van der Waals surface area (Å²) >= 11 is 0. The van der Waals surface area contributed by atoms with E-state index in [9.17, 15) is 15.0 Å². The van der Waals surface area contributed by atoms with Gasteiger partial charge in [0.2, 0.25) is 0 Å². The van der Waals surface area contributed by atoms with Gasteiger partial charge in [-0.25, -0.2) is 9.78 Å². The van der Waals surface area contributed by atoms with Gasteiger partial charge < -0.3 is 14.8 Å². The molecule has 1 unspecified atom stereocenters. The van der Waals surface area contributed by atoms with Gasteiger partial charge in [0.1, 0.15) is 11.3 Å². The summed E-state index contributed by atoms with van der Waals surface area (Å²) in [6.07, 6.45) is 0. The van der Waals surface area contributed by atoms with E-state index < -0.39 is 5.97 Å². The maximum atomic E-state index is 11.2. The minimum absolute atomic E-state index is 0.0114. The number of hydrogen-bond donors (Lipinski definition) is 2. The van der Waals surface area contributed by atoms with E-state index in [1.54, 1.807) is 12.1 Å². The van der Waals surface area contributed by atoms with Crippen LogP contribution in [0.1, 0.15) is 48.9 Å². The average Bonchev–Trinajstić information content (AvgIpc) is 2.76. The van der Waals surface area contributed by atoms with Gasteiger partial charge in [-0.3, -0.25) is 0 Å². The largest absolute Gasteiger partial charge is 0.478 e. The second-order valence-electron chi connectivity index (χ2n) is 5.00. The predicted octanol–water partition coefficient (Wildman–Crippen LogP) is 2.41. The number of para-hydroxylation sites is 1. The number of aliphatic hydroxyl groups is 1.